The molecule has 2 fully saturated rings. The molecule has 2 saturated heterocycles. The third kappa shape index (κ3) is 4.14. The highest BCUT2D eigenvalue weighted by molar-refractivity contribution is 5.77. The van der Waals surface area contributed by atoms with Crippen molar-refractivity contribution in [2.45, 2.75) is 32.3 Å². The highest BCUT2D eigenvalue weighted by atomic mass is 16.5. The Morgan fingerprint density at radius 2 is 2.28 bits per heavy atom. The molecule has 0 radical (unpaired) electrons. The molecule has 0 spiro atoms. The van der Waals surface area contributed by atoms with Gasteiger partial charge in [-0.1, -0.05) is 6.92 Å². The minimum atomic E-state index is 0.306. The summed E-state index contributed by atoms with van der Waals surface area (Å²) in [5.41, 5.74) is 5.87. The van der Waals surface area contributed by atoms with Crippen molar-refractivity contribution in [2.24, 2.45) is 22.6 Å². The SMILES string of the molecule is CC1COCCC1CN=C(N)NCC1CCCO1. The summed E-state index contributed by atoms with van der Waals surface area (Å²) < 4.78 is 10.9. The van der Waals surface area contributed by atoms with Gasteiger partial charge in [0.15, 0.2) is 5.96 Å². The maximum absolute atomic E-state index is 5.87. The van der Waals surface area contributed by atoms with E-state index in [1.165, 1.54) is 0 Å². The fourth-order valence-corrected chi connectivity index (χ4v) is 2.49. The average Bonchev–Trinajstić information content (AvgIpc) is 2.88. The van der Waals surface area contributed by atoms with Crippen molar-refractivity contribution < 1.29 is 9.47 Å². The molecular weight excluding hydrogens is 230 g/mol. The van der Waals surface area contributed by atoms with E-state index in [4.69, 9.17) is 15.2 Å². The Hall–Kier alpha value is -0.810. The molecule has 2 heterocycles. The molecule has 5 heteroatoms. The molecule has 0 aromatic heterocycles. The zero-order valence-corrected chi connectivity index (χ0v) is 11.2. The normalized spacial score (nSPS) is 33.6. The highest BCUT2D eigenvalue weighted by Gasteiger charge is 2.21. The predicted molar refractivity (Wildman–Crippen MR) is 71.6 cm³/mol. The van der Waals surface area contributed by atoms with Gasteiger partial charge < -0.3 is 20.5 Å². The number of nitrogens with one attached hydrogen (secondary N) is 1. The van der Waals surface area contributed by atoms with Gasteiger partial charge in [-0.15, -0.1) is 0 Å². The van der Waals surface area contributed by atoms with E-state index in [1.807, 2.05) is 0 Å². The van der Waals surface area contributed by atoms with Crippen LogP contribution in [-0.4, -0.2) is 45.0 Å². The summed E-state index contributed by atoms with van der Waals surface area (Å²) in [6.07, 6.45) is 3.67. The smallest absolute Gasteiger partial charge is 0.188 e. The largest absolute Gasteiger partial charge is 0.381 e. The highest BCUT2D eigenvalue weighted by Crippen LogP contribution is 2.21. The van der Waals surface area contributed by atoms with Gasteiger partial charge in [0.2, 0.25) is 0 Å². The molecule has 0 aliphatic carbocycles. The lowest BCUT2D eigenvalue weighted by atomic mass is 9.90. The molecule has 5 nitrogen and oxygen atoms in total. The van der Waals surface area contributed by atoms with Crippen LogP contribution >= 0.6 is 0 Å². The number of hydrogen-bond acceptors (Lipinski definition) is 3. The number of ether oxygens (including phenoxy) is 2. The number of aliphatic imine (C=N–C) groups is 1. The fourth-order valence-electron chi connectivity index (χ4n) is 2.49. The number of nitrogens with two attached hydrogens (primary N) is 1. The van der Waals surface area contributed by atoms with Gasteiger partial charge in [-0.25, -0.2) is 0 Å². The molecule has 3 unspecified atom stereocenters. The van der Waals surface area contributed by atoms with Gasteiger partial charge in [0.05, 0.1) is 6.10 Å². The molecule has 3 atom stereocenters. The van der Waals surface area contributed by atoms with E-state index in [2.05, 4.69) is 17.2 Å². The summed E-state index contributed by atoms with van der Waals surface area (Å²) >= 11 is 0. The summed E-state index contributed by atoms with van der Waals surface area (Å²) in [5.74, 6) is 1.72. The summed E-state index contributed by atoms with van der Waals surface area (Å²) in [5, 5.41) is 3.15. The van der Waals surface area contributed by atoms with Crippen molar-refractivity contribution in [1.29, 1.82) is 0 Å². The Kier molecular flexibility index (Phi) is 5.26. The first kappa shape index (κ1) is 13.6. The second-order valence-corrected chi connectivity index (χ2v) is 5.34. The predicted octanol–water partition coefficient (Wildman–Crippen LogP) is 0.742. The Morgan fingerprint density at radius 3 is 3.00 bits per heavy atom. The van der Waals surface area contributed by atoms with Gasteiger partial charge in [-0.05, 0) is 31.1 Å². The number of hydrogen-bond donors (Lipinski definition) is 2. The molecule has 2 aliphatic heterocycles. The summed E-state index contributed by atoms with van der Waals surface area (Å²) in [6, 6.07) is 0. The maximum Gasteiger partial charge on any atom is 0.188 e. The maximum atomic E-state index is 5.87. The lowest BCUT2D eigenvalue weighted by molar-refractivity contribution is 0.0273. The van der Waals surface area contributed by atoms with Crippen LogP contribution in [0, 0.1) is 11.8 Å². The molecule has 2 rings (SSSR count). The monoisotopic (exact) mass is 255 g/mol. The second-order valence-electron chi connectivity index (χ2n) is 5.34. The van der Waals surface area contributed by atoms with Crippen molar-refractivity contribution >= 4 is 5.96 Å². The Balaban J connectivity index is 1.67. The zero-order chi connectivity index (χ0) is 12.8. The van der Waals surface area contributed by atoms with Crippen molar-refractivity contribution in [3.63, 3.8) is 0 Å². The molecular formula is C13H25N3O2. The molecule has 18 heavy (non-hydrogen) atoms. The molecule has 0 aromatic carbocycles. The third-order valence-corrected chi connectivity index (χ3v) is 3.85. The van der Waals surface area contributed by atoms with Crippen LogP contribution in [0.2, 0.25) is 0 Å². The van der Waals surface area contributed by atoms with Gasteiger partial charge in [-0.2, -0.15) is 0 Å². The van der Waals surface area contributed by atoms with Crippen LogP contribution in [0.15, 0.2) is 4.99 Å². The van der Waals surface area contributed by atoms with E-state index in [0.717, 1.165) is 52.2 Å². The van der Waals surface area contributed by atoms with Crippen LogP contribution in [0.25, 0.3) is 0 Å². The summed E-state index contributed by atoms with van der Waals surface area (Å²) in [7, 11) is 0. The molecule has 0 amide bonds. The first-order chi connectivity index (χ1) is 8.75. The molecule has 104 valence electrons. The summed E-state index contributed by atoms with van der Waals surface area (Å²) in [4.78, 5) is 4.43. The first-order valence-electron chi connectivity index (χ1n) is 6.99. The Bertz CT molecular complexity index is 277. The molecule has 0 aromatic rings. The van der Waals surface area contributed by atoms with Crippen molar-refractivity contribution in [2.75, 3.05) is 32.9 Å². The van der Waals surface area contributed by atoms with Crippen LogP contribution in [-0.2, 0) is 9.47 Å². The minimum Gasteiger partial charge on any atom is -0.381 e. The molecule has 3 N–H and O–H groups in total. The van der Waals surface area contributed by atoms with E-state index in [0.29, 0.717) is 23.9 Å². The van der Waals surface area contributed by atoms with Crippen LogP contribution < -0.4 is 11.1 Å². The lowest BCUT2D eigenvalue weighted by Crippen LogP contribution is -2.38. The van der Waals surface area contributed by atoms with Gasteiger partial charge in [0.1, 0.15) is 0 Å². The quantitative estimate of drug-likeness (QED) is 0.574. The molecule has 0 bridgehead atoms. The van der Waals surface area contributed by atoms with Crippen molar-refractivity contribution in [1.82, 2.24) is 5.32 Å². The average molecular weight is 255 g/mol. The summed E-state index contributed by atoms with van der Waals surface area (Å²) in [6.45, 7) is 6.38. The van der Waals surface area contributed by atoms with Crippen LogP contribution in [0.5, 0.6) is 0 Å². The van der Waals surface area contributed by atoms with Crippen molar-refractivity contribution in [3.05, 3.63) is 0 Å². The van der Waals surface area contributed by atoms with Gasteiger partial charge in [0.25, 0.3) is 0 Å². The zero-order valence-electron chi connectivity index (χ0n) is 11.2. The van der Waals surface area contributed by atoms with Gasteiger partial charge >= 0.3 is 0 Å². The number of nitrogens with zero attached hydrogens (tertiary/aromatic N) is 1. The van der Waals surface area contributed by atoms with Gasteiger partial charge in [0, 0.05) is 32.9 Å². The topological polar surface area (TPSA) is 68.9 Å². The Morgan fingerprint density at radius 1 is 1.39 bits per heavy atom. The van der Waals surface area contributed by atoms with Crippen LogP contribution in [0.4, 0.5) is 0 Å². The van der Waals surface area contributed by atoms with E-state index in [1.54, 1.807) is 0 Å². The lowest BCUT2D eigenvalue weighted by Gasteiger charge is -2.27. The van der Waals surface area contributed by atoms with Crippen LogP contribution in [0.1, 0.15) is 26.2 Å². The van der Waals surface area contributed by atoms with E-state index >= 15 is 0 Å². The first-order valence-corrected chi connectivity index (χ1v) is 6.99. The number of guanidine groups is 1. The third-order valence-electron chi connectivity index (χ3n) is 3.85. The van der Waals surface area contributed by atoms with Crippen molar-refractivity contribution in [3.8, 4) is 0 Å². The second kappa shape index (κ2) is 6.95. The molecule has 2 aliphatic rings. The standard InChI is InChI=1S/C13H25N3O2/c1-10-9-17-6-4-11(10)7-15-13(14)16-8-12-3-2-5-18-12/h10-12H,2-9H2,1H3,(H3,14,15,16). The Labute approximate surface area is 109 Å². The van der Waals surface area contributed by atoms with E-state index < -0.39 is 0 Å². The van der Waals surface area contributed by atoms with E-state index in [9.17, 15) is 0 Å². The minimum absolute atomic E-state index is 0.306. The van der Waals surface area contributed by atoms with Crippen LogP contribution in [0.3, 0.4) is 0 Å². The molecule has 0 saturated carbocycles. The van der Waals surface area contributed by atoms with Gasteiger partial charge in [-0.3, -0.25) is 4.99 Å². The fraction of sp³-hybridized carbons (Fsp3) is 0.923. The van der Waals surface area contributed by atoms with E-state index in [-0.39, 0.29) is 0 Å². The number of rotatable bonds is 4.